The van der Waals surface area contributed by atoms with Crippen molar-refractivity contribution >= 4 is 51.8 Å². The van der Waals surface area contributed by atoms with Gasteiger partial charge < -0.3 is 19.9 Å². The minimum absolute atomic E-state index is 0.164. The Morgan fingerprint density at radius 3 is 2.56 bits per heavy atom. The molecular weight excluding hydrogens is 453 g/mol. The molecule has 5 rings (SSSR count). The molecule has 1 aliphatic heterocycles. The number of pyridine rings is 1. The van der Waals surface area contributed by atoms with Gasteiger partial charge in [0.25, 0.3) is 5.91 Å². The number of benzene rings is 1. The van der Waals surface area contributed by atoms with Gasteiger partial charge in [0.2, 0.25) is 0 Å². The van der Waals surface area contributed by atoms with Crippen molar-refractivity contribution in [2.24, 2.45) is 0 Å². The highest BCUT2D eigenvalue weighted by Gasteiger charge is 2.20. The number of ether oxygens (including phenoxy) is 1. The number of carbonyl (C=O) groups excluding carboxylic acids is 1. The van der Waals surface area contributed by atoms with Gasteiger partial charge in [-0.1, -0.05) is 29.3 Å². The second kappa shape index (κ2) is 8.70. The molecule has 1 aromatic carbocycles. The van der Waals surface area contributed by atoms with Gasteiger partial charge in [0.15, 0.2) is 17.3 Å². The van der Waals surface area contributed by atoms with Gasteiger partial charge in [0.05, 0.1) is 34.3 Å². The number of hydrogen-bond donors (Lipinski definition) is 2. The van der Waals surface area contributed by atoms with E-state index in [9.17, 15) is 4.79 Å². The normalized spacial score (nSPS) is 14.0. The Kier molecular flexibility index (Phi) is 5.60. The van der Waals surface area contributed by atoms with Gasteiger partial charge in [-0.05, 0) is 30.3 Å². The number of aromatic amines is 1. The number of rotatable bonds is 4. The molecule has 0 saturated carbocycles. The predicted octanol–water partition coefficient (Wildman–Crippen LogP) is 3.94. The van der Waals surface area contributed by atoms with E-state index >= 15 is 0 Å². The third kappa shape index (κ3) is 3.97. The van der Waals surface area contributed by atoms with E-state index in [-0.39, 0.29) is 11.6 Å². The number of fused-ring (bicyclic) bond motifs is 1. The SMILES string of the molecule is O=C(c1ccc(Nc2nccc3nc(-c4c(Cl)cccc4Cl)[nH]c23)nn1)N1CCOCC1. The number of carbonyl (C=O) groups is 1. The van der Waals surface area contributed by atoms with Gasteiger partial charge in [-0.25, -0.2) is 9.97 Å². The predicted molar refractivity (Wildman–Crippen MR) is 121 cm³/mol. The van der Waals surface area contributed by atoms with Gasteiger partial charge in [0, 0.05) is 19.3 Å². The highest BCUT2D eigenvalue weighted by Crippen LogP contribution is 2.34. The summed E-state index contributed by atoms with van der Waals surface area (Å²) in [5, 5.41) is 12.3. The maximum Gasteiger partial charge on any atom is 0.274 e. The molecule has 0 spiro atoms. The summed E-state index contributed by atoms with van der Waals surface area (Å²) in [6, 6.07) is 10.4. The summed E-state index contributed by atoms with van der Waals surface area (Å²) < 4.78 is 5.28. The highest BCUT2D eigenvalue weighted by molar-refractivity contribution is 6.39. The fourth-order valence-corrected chi connectivity index (χ4v) is 4.01. The molecule has 0 atom stereocenters. The summed E-state index contributed by atoms with van der Waals surface area (Å²) in [5.41, 5.74) is 2.24. The van der Waals surface area contributed by atoms with E-state index in [4.69, 9.17) is 27.9 Å². The smallest absolute Gasteiger partial charge is 0.274 e. The second-order valence-electron chi connectivity index (χ2n) is 7.07. The van der Waals surface area contributed by atoms with Crippen LogP contribution in [0.4, 0.5) is 11.6 Å². The Labute approximate surface area is 192 Å². The molecule has 1 aliphatic rings. The third-order valence-electron chi connectivity index (χ3n) is 5.03. The van der Waals surface area contributed by atoms with Crippen molar-refractivity contribution < 1.29 is 9.53 Å². The lowest BCUT2D eigenvalue weighted by atomic mass is 10.2. The largest absolute Gasteiger partial charge is 0.378 e. The number of aromatic nitrogens is 5. The lowest BCUT2D eigenvalue weighted by Gasteiger charge is -2.26. The van der Waals surface area contributed by atoms with Gasteiger partial charge in [-0.3, -0.25) is 4.79 Å². The molecule has 0 aliphatic carbocycles. The topological polar surface area (TPSA) is 109 Å². The minimum atomic E-state index is -0.164. The van der Waals surface area contributed by atoms with E-state index in [0.29, 0.717) is 70.4 Å². The fourth-order valence-electron chi connectivity index (χ4n) is 3.43. The van der Waals surface area contributed by atoms with Crippen molar-refractivity contribution in [3.05, 3.63) is 58.3 Å². The van der Waals surface area contributed by atoms with E-state index < -0.39 is 0 Å². The van der Waals surface area contributed by atoms with E-state index in [0.717, 1.165) is 0 Å². The molecule has 9 nitrogen and oxygen atoms in total. The summed E-state index contributed by atoms with van der Waals surface area (Å²) in [6.45, 7) is 2.15. The molecule has 1 saturated heterocycles. The Bertz CT molecular complexity index is 1270. The van der Waals surface area contributed by atoms with Crippen molar-refractivity contribution in [2.45, 2.75) is 0 Å². The average Bonchev–Trinajstić information content (AvgIpc) is 3.24. The van der Waals surface area contributed by atoms with Crippen LogP contribution in [-0.2, 0) is 4.74 Å². The van der Waals surface area contributed by atoms with Crippen LogP contribution in [0.2, 0.25) is 10.0 Å². The van der Waals surface area contributed by atoms with Crippen molar-refractivity contribution in [1.29, 1.82) is 0 Å². The number of H-pyrrole nitrogens is 1. The average molecular weight is 470 g/mol. The number of nitrogens with one attached hydrogen (secondary N) is 2. The van der Waals surface area contributed by atoms with Crippen molar-refractivity contribution in [2.75, 3.05) is 31.6 Å². The van der Waals surface area contributed by atoms with Crippen molar-refractivity contribution in [3.63, 3.8) is 0 Å². The first kappa shape index (κ1) is 20.6. The zero-order chi connectivity index (χ0) is 22.1. The second-order valence-corrected chi connectivity index (χ2v) is 7.88. The van der Waals surface area contributed by atoms with Gasteiger partial charge >= 0.3 is 0 Å². The van der Waals surface area contributed by atoms with Crippen LogP contribution in [0.15, 0.2) is 42.6 Å². The van der Waals surface area contributed by atoms with Crippen LogP contribution in [0.25, 0.3) is 22.4 Å². The Balaban J connectivity index is 1.41. The number of amides is 1. The number of imidazole rings is 1. The summed E-state index contributed by atoms with van der Waals surface area (Å²) >= 11 is 12.7. The standard InChI is InChI=1S/C21H17Cl2N7O2/c22-12-2-1-3-13(23)17(12)19-25-14-6-7-24-20(18(14)27-19)26-16-5-4-15(28-29-16)21(31)30-8-10-32-11-9-30/h1-7H,8-11H2,(H,25,27)(H,24,26,29). The number of hydrogen-bond acceptors (Lipinski definition) is 7. The molecule has 1 fully saturated rings. The summed E-state index contributed by atoms with van der Waals surface area (Å²) in [7, 11) is 0. The Hall–Kier alpha value is -3.27. The molecule has 1 amide bonds. The molecule has 0 bridgehead atoms. The minimum Gasteiger partial charge on any atom is -0.378 e. The lowest BCUT2D eigenvalue weighted by molar-refractivity contribution is 0.0298. The van der Waals surface area contributed by atoms with Crippen molar-refractivity contribution in [1.82, 2.24) is 30.0 Å². The van der Waals surface area contributed by atoms with Crippen molar-refractivity contribution in [3.8, 4) is 11.4 Å². The summed E-state index contributed by atoms with van der Waals surface area (Å²) in [5.74, 6) is 1.31. The molecule has 162 valence electrons. The monoisotopic (exact) mass is 469 g/mol. The first-order chi connectivity index (χ1) is 15.6. The van der Waals surface area contributed by atoms with Crippen LogP contribution >= 0.6 is 23.2 Å². The van der Waals surface area contributed by atoms with Crippen LogP contribution in [0, 0.1) is 0 Å². The molecule has 4 heterocycles. The van der Waals surface area contributed by atoms with Crippen LogP contribution in [0.1, 0.15) is 10.5 Å². The molecule has 0 radical (unpaired) electrons. The highest BCUT2D eigenvalue weighted by atomic mass is 35.5. The number of morpholine rings is 1. The zero-order valence-electron chi connectivity index (χ0n) is 16.7. The Morgan fingerprint density at radius 1 is 1.06 bits per heavy atom. The van der Waals surface area contributed by atoms with Crippen LogP contribution < -0.4 is 5.32 Å². The molecular formula is C21H17Cl2N7O2. The summed E-state index contributed by atoms with van der Waals surface area (Å²) in [4.78, 5) is 26.4. The molecule has 2 N–H and O–H groups in total. The van der Waals surface area contributed by atoms with Crippen LogP contribution in [0.5, 0.6) is 0 Å². The van der Waals surface area contributed by atoms with E-state index in [2.05, 4.69) is 30.5 Å². The number of halogens is 2. The molecule has 32 heavy (non-hydrogen) atoms. The molecule has 11 heteroatoms. The molecule has 0 unspecified atom stereocenters. The van der Waals surface area contributed by atoms with E-state index in [1.54, 1.807) is 47.5 Å². The maximum atomic E-state index is 12.5. The van der Waals surface area contributed by atoms with Gasteiger partial charge in [-0.15, -0.1) is 10.2 Å². The fraction of sp³-hybridized carbons (Fsp3) is 0.190. The first-order valence-electron chi connectivity index (χ1n) is 9.87. The number of nitrogens with zero attached hydrogens (tertiary/aromatic N) is 5. The Morgan fingerprint density at radius 2 is 1.84 bits per heavy atom. The molecule has 3 aromatic heterocycles. The maximum absolute atomic E-state index is 12.5. The third-order valence-corrected chi connectivity index (χ3v) is 5.66. The molecule has 4 aromatic rings. The van der Waals surface area contributed by atoms with Gasteiger partial charge in [0.1, 0.15) is 11.3 Å². The van der Waals surface area contributed by atoms with E-state index in [1.165, 1.54) is 0 Å². The van der Waals surface area contributed by atoms with E-state index in [1.807, 2.05) is 0 Å². The zero-order valence-corrected chi connectivity index (χ0v) is 18.2. The van der Waals surface area contributed by atoms with Gasteiger partial charge in [-0.2, -0.15) is 0 Å². The lowest BCUT2D eigenvalue weighted by Crippen LogP contribution is -2.41. The quantitative estimate of drug-likeness (QED) is 0.465. The van der Waals surface area contributed by atoms with Crippen LogP contribution in [-0.4, -0.2) is 62.3 Å². The first-order valence-corrected chi connectivity index (χ1v) is 10.6. The summed E-state index contributed by atoms with van der Waals surface area (Å²) in [6.07, 6.45) is 1.63. The number of anilines is 2. The van der Waals surface area contributed by atoms with Crippen LogP contribution in [0.3, 0.4) is 0 Å².